The van der Waals surface area contributed by atoms with Gasteiger partial charge in [0, 0.05) is 12.4 Å². The van der Waals surface area contributed by atoms with Crippen molar-refractivity contribution in [1.29, 1.82) is 0 Å². The SMILES string of the molecule is O=C(O)C1C2CCC1C(c1ccncc1)C2. The minimum Gasteiger partial charge on any atom is -0.481 e. The molecule has 3 nitrogen and oxygen atoms in total. The third kappa shape index (κ3) is 1.34. The van der Waals surface area contributed by atoms with Crippen molar-refractivity contribution in [3.8, 4) is 0 Å². The Hall–Kier alpha value is -1.38. The zero-order valence-electron chi connectivity index (χ0n) is 9.04. The van der Waals surface area contributed by atoms with Gasteiger partial charge in [-0.15, -0.1) is 0 Å². The molecule has 1 heterocycles. The molecule has 84 valence electrons. The number of nitrogens with zero attached hydrogens (tertiary/aromatic N) is 1. The molecular formula is C13H15NO2. The third-order valence-corrected chi connectivity index (χ3v) is 4.33. The summed E-state index contributed by atoms with van der Waals surface area (Å²) in [5, 5.41) is 9.25. The van der Waals surface area contributed by atoms with Crippen LogP contribution < -0.4 is 0 Å². The summed E-state index contributed by atoms with van der Waals surface area (Å²) < 4.78 is 0. The van der Waals surface area contributed by atoms with Crippen molar-refractivity contribution in [1.82, 2.24) is 4.98 Å². The zero-order valence-corrected chi connectivity index (χ0v) is 9.04. The first-order valence-corrected chi connectivity index (χ1v) is 5.90. The maximum Gasteiger partial charge on any atom is 0.307 e. The van der Waals surface area contributed by atoms with E-state index >= 15 is 0 Å². The van der Waals surface area contributed by atoms with Gasteiger partial charge in [-0.3, -0.25) is 9.78 Å². The number of rotatable bonds is 2. The van der Waals surface area contributed by atoms with Crippen LogP contribution in [0.5, 0.6) is 0 Å². The summed E-state index contributed by atoms with van der Waals surface area (Å²) in [4.78, 5) is 15.2. The molecule has 16 heavy (non-hydrogen) atoms. The van der Waals surface area contributed by atoms with E-state index in [1.54, 1.807) is 12.4 Å². The van der Waals surface area contributed by atoms with Crippen LogP contribution in [0.25, 0.3) is 0 Å². The first-order chi connectivity index (χ1) is 7.77. The van der Waals surface area contributed by atoms with Crippen LogP contribution in [0.2, 0.25) is 0 Å². The van der Waals surface area contributed by atoms with Gasteiger partial charge in [-0.2, -0.15) is 0 Å². The molecule has 2 saturated carbocycles. The molecule has 2 aliphatic carbocycles. The first kappa shape index (κ1) is 9.82. The molecule has 0 aliphatic heterocycles. The second-order valence-corrected chi connectivity index (χ2v) is 4.99. The summed E-state index contributed by atoms with van der Waals surface area (Å²) in [6, 6.07) is 4.06. The number of carbonyl (C=O) groups is 1. The van der Waals surface area contributed by atoms with E-state index in [0.717, 1.165) is 19.3 Å². The van der Waals surface area contributed by atoms with Crippen molar-refractivity contribution in [2.45, 2.75) is 25.2 Å². The molecule has 2 fully saturated rings. The molecule has 0 radical (unpaired) electrons. The number of aromatic nitrogens is 1. The molecule has 4 unspecified atom stereocenters. The van der Waals surface area contributed by atoms with Crippen LogP contribution in [0.3, 0.4) is 0 Å². The summed E-state index contributed by atoms with van der Waals surface area (Å²) in [7, 11) is 0. The standard InChI is InChI=1S/C13H15NO2/c15-13(16)12-9-1-2-10(12)11(7-9)8-3-5-14-6-4-8/h3-6,9-12H,1-2,7H2,(H,15,16). The van der Waals surface area contributed by atoms with Gasteiger partial charge in [0.05, 0.1) is 5.92 Å². The van der Waals surface area contributed by atoms with Gasteiger partial charge >= 0.3 is 5.97 Å². The third-order valence-electron chi connectivity index (χ3n) is 4.33. The predicted octanol–water partition coefficient (Wildman–Crippen LogP) is 2.30. The highest BCUT2D eigenvalue weighted by Crippen LogP contribution is 2.56. The molecule has 0 amide bonds. The van der Waals surface area contributed by atoms with Crippen molar-refractivity contribution >= 4 is 5.97 Å². The van der Waals surface area contributed by atoms with Crippen molar-refractivity contribution in [3.05, 3.63) is 30.1 Å². The summed E-state index contributed by atoms with van der Waals surface area (Å²) in [6.45, 7) is 0. The van der Waals surface area contributed by atoms with E-state index in [1.165, 1.54) is 5.56 Å². The molecule has 0 aromatic carbocycles. The van der Waals surface area contributed by atoms with E-state index in [1.807, 2.05) is 12.1 Å². The van der Waals surface area contributed by atoms with Crippen molar-refractivity contribution in [2.75, 3.05) is 0 Å². The Bertz CT molecular complexity index is 404. The lowest BCUT2D eigenvalue weighted by Gasteiger charge is -2.21. The fraction of sp³-hybridized carbons (Fsp3) is 0.538. The number of carboxylic acid groups (broad SMARTS) is 1. The van der Waals surface area contributed by atoms with Gasteiger partial charge in [-0.1, -0.05) is 0 Å². The smallest absolute Gasteiger partial charge is 0.307 e. The molecule has 2 bridgehead atoms. The van der Waals surface area contributed by atoms with E-state index in [-0.39, 0.29) is 5.92 Å². The maximum absolute atomic E-state index is 11.2. The van der Waals surface area contributed by atoms with Crippen LogP contribution in [-0.4, -0.2) is 16.1 Å². The highest BCUT2D eigenvalue weighted by Gasteiger charge is 2.51. The molecule has 0 spiro atoms. The molecular weight excluding hydrogens is 202 g/mol. The zero-order chi connectivity index (χ0) is 11.1. The van der Waals surface area contributed by atoms with Crippen LogP contribution in [0, 0.1) is 17.8 Å². The van der Waals surface area contributed by atoms with Crippen LogP contribution >= 0.6 is 0 Å². The highest BCUT2D eigenvalue weighted by atomic mass is 16.4. The van der Waals surface area contributed by atoms with E-state index in [4.69, 9.17) is 0 Å². The summed E-state index contributed by atoms with van der Waals surface area (Å²) in [5.74, 6) is 0.510. The maximum atomic E-state index is 11.2. The molecule has 1 aromatic heterocycles. The van der Waals surface area contributed by atoms with E-state index < -0.39 is 5.97 Å². The first-order valence-electron chi connectivity index (χ1n) is 5.90. The summed E-state index contributed by atoms with van der Waals surface area (Å²) in [5.41, 5.74) is 1.27. The number of hydrogen-bond donors (Lipinski definition) is 1. The largest absolute Gasteiger partial charge is 0.481 e. The molecule has 3 heteroatoms. The Kier molecular flexibility index (Phi) is 2.20. The lowest BCUT2D eigenvalue weighted by atomic mass is 9.83. The van der Waals surface area contributed by atoms with Gasteiger partial charge in [-0.25, -0.2) is 0 Å². The van der Waals surface area contributed by atoms with Gasteiger partial charge in [0.15, 0.2) is 0 Å². The van der Waals surface area contributed by atoms with Crippen molar-refractivity contribution in [3.63, 3.8) is 0 Å². The van der Waals surface area contributed by atoms with Crippen molar-refractivity contribution < 1.29 is 9.90 Å². The molecule has 1 N–H and O–H groups in total. The average Bonchev–Trinajstić information content (AvgIpc) is 2.87. The van der Waals surface area contributed by atoms with E-state index in [0.29, 0.717) is 17.8 Å². The van der Waals surface area contributed by atoms with Crippen LogP contribution in [0.1, 0.15) is 30.7 Å². The van der Waals surface area contributed by atoms with Gasteiger partial charge in [0.1, 0.15) is 0 Å². The second kappa shape index (κ2) is 3.58. The number of fused-ring (bicyclic) bond motifs is 2. The number of aliphatic carboxylic acids is 1. The van der Waals surface area contributed by atoms with Crippen molar-refractivity contribution in [2.24, 2.45) is 17.8 Å². The van der Waals surface area contributed by atoms with Crippen LogP contribution in [0.4, 0.5) is 0 Å². The fourth-order valence-corrected chi connectivity index (χ4v) is 3.71. The van der Waals surface area contributed by atoms with Gasteiger partial charge in [0.2, 0.25) is 0 Å². The molecule has 4 atom stereocenters. The summed E-state index contributed by atoms with van der Waals surface area (Å²) in [6.07, 6.45) is 6.83. The number of carboxylic acids is 1. The van der Waals surface area contributed by atoms with Gasteiger partial charge in [-0.05, 0) is 54.7 Å². The second-order valence-electron chi connectivity index (χ2n) is 4.99. The Morgan fingerprint density at radius 1 is 1.31 bits per heavy atom. The molecule has 1 aromatic rings. The quantitative estimate of drug-likeness (QED) is 0.826. The average molecular weight is 217 g/mol. The lowest BCUT2D eigenvalue weighted by Crippen LogP contribution is -2.19. The topological polar surface area (TPSA) is 50.2 Å². The molecule has 3 rings (SSSR count). The Balaban J connectivity index is 1.89. The Morgan fingerprint density at radius 3 is 2.69 bits per heavy atom. The minimum atomic E-state index is -0.593. The molecule has 0 saturated heterocycles. The number of pyridine rings is 1. The monoisotopic (exact) mass is 217 g/mol. The van der Waals surface area contributed by atoms with Gasteiger partial charge in [0.25, 0.3) is 0 Å². The van der Waals surface area contributed by atoms with E-state index in [9.17, 15) is 9.90 Å². The number of hydrogen-bond acceptors (Lipinski definition) is 2. The predicted molar refractivity (Wildman–Crippen MR) is 58.9 cm³/mol. The fourth-order valence-electron chi connectivity index (χ4n) is 3.71. The summed E-state index contributed by atoms with van der Waals surface area (Å²) >= 11 is 0. The Morgan fingerprint density at radius 2 is 2.06 bits per heavy atom. The lowest BCUT2D eigenvalue weighted by molar-refractivity contribution is -0.143. The van der Waals surface area contributed by atoms with Crippen LogP contribution in [0.15, 0.2) is 24.5 Å². The normalized spacial score (nSPS) is 36.5. The van der Waals surface area contributed by atoms with E-state index in [2.05, 4.69) is 4.98 Å². The minimum absolute atomic E-state index is 0.0989. The Labute approximate surface area is 94.5 Å². The molecule has 2 aliphatic rings. The van der Waals surface area contributed by atoms with Gasteiger partial charge < -0.3 is 5.11 Å². The highest BCUT2D eigenvalue weighted by molar-refractivity contribution is 5.72. The van der Waals surface area contributed by atoms with Crippen LogP contribution in [-0.2, 0) is 4.79 Å².